The van der Waals surface area contributed by atoms with E-state index in [9.17, 15) is 0 Å². The fourth-order valence-corrected chi connectivity index (χ4v) is 3.42. The van der Waals surface area contributed by atoms with E-state index in [-0.39, 0.29) is 0 Å². The lowest BCUT2D eigenvalue weighted by atomic mass is 9.74. The molecule has 2 atom stereocenters. The molecule has 0 spiro atoms. The summed E-state index contributed by atoms with van der Waals surface area (Å²) in [5.74, 6) is 1.80. The molecular weight excluding hydrogens is 208 g/mol. The van der Waals surface area contributed by atoms with Crippen LogP contribution >= 0.6 is 0 Å². The van der Waals surface area contributed by atoms with Gasteiger partial charge in [0.05, 0.1) is 0 Å². The van der Waals surface area contributed by atoms with Crippen molar-refractivity contribution in [2.24, 2.45) is 11.8 Å². The van der Waals surface area contributed by atoms with Crippen molar-refractivity contribution in [1.29, 1.82) is 0 Å². The SMILES string of the molecule is CCC1(NCCC(C)C2CCCNC2)CCC1. The summed E-state index contributed by atoms with van der Waals surface area (Å²) >= 11 is 0. The van der Waals surface area contributed by atoms with E-state index in [1.807, 2.05) is 0 Å². The molecule has 0 aromatic rings. The third kappa shape index (κ3) is 3.45. The highest BCUT2D eigenvalue weighted by Gasteiger charge is 2.34. The number of piperidine rings is 1. The van der Waals surface area contributed by atoms with Crippen LogP contribution in [0.2, 0.25) is 0 Å². The van der Waals surface area contributed by atoms with Crippen molar-refractivity contribution < 1.29 is 0 Å². The van der Waals surface area contributed by atoms with Crippen molar-refractivity contribution in [3.63, 3.8) is 0 Å². The van der Waals surface area contributed by atoms with Gasteiger partial charge in [-0.3, -0.25) is 0 Å². The molecule has 0 radical (unpaired) electrons. The Morgan fingerprint density at radius 1 is 1.35 bits per heavy atom. The van der Waals surface area contributed by atoms with E-state index >= 15 is 0 Å². The third-order valence-electron chi connectivity index (χ3n) is 5.23. The minimum Gasteiger partial charge on any atom is -0.316 e. The summed E-state index contributed by atoms with van der Waals surface area (Å²) in [6, 6.07) is 0. The van der Waals surface area contributed by atoms with Crippen LogP contribution in [-0.4, -0.2) is 25.2 Å². The molecule has 100 valence electrons. The van der Waals surface area contributed by atoms with E-state index < -0.39 is 0 Å². The van der Waals surface area contributed by atoms with Gasteiger partial charge in [-0.15, -0.1) is 0 Å². The summed E-state index contributed by atoms with van der Waals surface area (Å²) in [6.45, 7) is 8.49. The second kappa shape index (κ2) is 6.19. The average molecular weight is 238 g/mol. The molecule has 2 heteroatoms. The van der Waals surface area contributed by atoms with Crippen LogP contribution in [0, 0.1) is 11.8 Å². The van der Waals surface area contributed by atoms with Gasteiger partial charge in [-0.2, -0.15) is 0 Å². The summed E-state index contributed by atoms with van der Waals surface area (Å²) in [6.07, 6.45) is 9.73. The number of nitrogens with one attached hydrogen (secondary N) is 2. The highest BCUT2D eigenvalue weighted by Crippen LogP contribution is 2.34. The molecule has 1 aliphatic heterocycles. The monoisotopic (exact) mass is 238 g/mol. The zero-order valence-electron chi connectivity index (χ0n) is 11.7. The lowest BCUT2D eigenvalue weighted by molar-refractivity contribution is 0.168. The Balaban J connectivity index is 1.63. The minimum atomic E-state index is 0.532. The Morgan fingerprint density at radius 2 is 2.18 bits per heavy atom. The van der Waals surface area contributed by atoms with E-state index in [0.29, 0.717) is 5.54 Å². The molecule has 1 aliphatic carbocycles. The highest BCUT2D eigenvalue weighted by atomic mass is 15.0. The normalized spacial score (nSPS) is 29.6. The molecule has 17 heavy (non-hydrogen) atoms. The van der Waals surface area contributed by atoms with Gasteiger partial charge >= 0.3 is 0 Å². The molecular formula is C15H30N2. The summed E-state index contributed by atoms with van der Waals surface area (Å²) in [7, 11) is 0. The maximum Gasteiger partial charge on any atom is 0.0178 e. The molecule has 2 N–H and O–H groups in total. The van der Waals surface area contributed by atoms with Crippen LogP contribution in [-0.2, 0) is 0 Å². The summed E-state index contributed by atoms with van der Waals surface area (Å²) in [5, 5.41) is 7.37. The maximum absolute atomic E-state index is 3.83. The Morgan fingerprint density at radius 3 is 2.71 bits per heavy atom. The van der Waals surface area contributed by atoms with Gasteiger partial charge in [0.25, 0.3) is 0 Å². The Kier molecular flexibility index (Phi) is 4.87. The van der Waals surface area contributed by atoms with Gasteiger partial charge in [-0.05, 0) is 76.4 Å². The van der Waals surface area contributed by atoms with Crippen molar-refractivity contribution in [1.82, 2.24) is 10.6 Å². The number of hydrogen-bond donors (Lipinski definition) is 2. The first kappa shape index (κ1) is 13.4. The van der Waals surface area contributed by atoms with Gasteiger partial charge in [0.15, 0.2) is 0 Å². The van der Waals surface area contributed by atoms with Crippen LogP contribution in [0.4, 0.5) is 0 Å². The lowest BCUT2D eigenvalue weighted by Gasteiger charge is -2.43. The largest absolute Gasteiger partial charge is 0.316 e. The van der Waals surface area contributed by atoms with Gasteiger partial charge in [0.2, 0.25) is 0 Å². The van der Waals surface area contributed by atoms with Crippen LogP contribution in [0.5, 0.6) is 0 Å². The van der Waals surface area contributed by atoms with Gasteiger partial charge < -0.3 is 10.6 Å². The maximum atomic E-state index is 3.83. The molecule has 2 fully saturated rings. The van der Waals surface area contributed by atoms with Crippen molar-refractivity contribution in [3.05, 3.63) is 0 Å². The van der Waals surface area contributed by atoms with Crippen LogP contribution in [0.25, 0.3) is 0 Å². The molecule has 0 amide bonds. The molecule has 2 aliphatic rings. The van der Waals surface area contributed by atoms with Gasteiger partial charge in [-0.1, -0.05) is 13.8 Å². The van der Waals surface area contributed by atoms with Gasteiger partial charge in [0.1, 0.15) is 0 Å². The molecule has 0 bridgehead atoms. The first-order chi connectivity index (χ1) is 8.26. The third-order valence-corrected chi connectivity index (χ3v) is 5.23. The summed E-state index contributed by atoms with van der Waals surface area (Å²) in [4.78, 5) is 0. The second-order valence-corrected chi connectivity index (χ2v) is 6.29. The van der Waals surface area contributed by atoms with E-state index in [4.69, 9.17) is 0 Å². The average Bonchev–Trinajstić information content (AvgIpc) is 2.33. The van der Waals surface area contributed by atoms with Crippen LogP contribution in [0.3, 0.4) is 0 Å². The summed E-state index contributed by atoms with van der Waals surface area (Å²) < 4.78 is 0. The van der Waals surface area contributed by atoms with Crippen molar-refractivity contribution in [2.75, 3.05) is 19.6 Å². The predicted octanol–water partition coefficient (Wildman–Crippen LogP) is 2.93. The number of hydrogen-bond acceptors (Lipinski definition) is 2. The minimum absolute atomic E-state index is 0.532. The Bertz CT molecular complexity index is 211. The molecule has 0 aromatic heterocycles. The van der Waals surface area contributed by atoms with Crippen LogP contribution < -0.4 is 10.6 Å². The summed E-state index contributed by atoms with van der Waals surface area (Å²) in [5.41, 5.74) is 0.532. The lowest BCUT2D eigenvalue weighted by Crippen LogP contribution is -2.51. The van der Waals surface area contributed by atoms with E-state index in [2.05, 4.69) is 24.5 Å². The fraction of sp³-hybridized carbons (Fsp3) is 1.00. The Hall–Kier alpha value is -0.0800. The Labute approximate surface area is 107 Å². The van der Waals surface area contributed by atoms with Crippen molar-refractivity contribution >= 4 is 0 Å². The van der Waals surface area contributed by atoms with Crippen molar-refractivity contribution in [2.45, 2.75) is 64.3 Å². The quantitative estimate of drug-likeness (QED) is 0.743. The smallest absolute Gasteiger partial charge is 0.0178 e. The van der Waals surface area contributed by atoms with Gasteiger partial charge in [0, 0.05) is 5.54 Å². The molecule has 2 nitrogen and oxygen atoms in total. The zero-order chi connectivity index (χ0) is 12.1. The van der Waals surface area contributed by atoms with E-state index in [1.165, 1.54) is 64.6 Å². The van der Waals surface area contributed by atoms with E-state index in [0.717, 1.165) is 11.8 Å². The number of rotatable bonds is 6. The zero-order valence-corrected chi connectivity index (χ0v) is 11.7. The van der Waals surface area contributed by atoms with Crippen LogP contribution in [0.15, 0.2) is 0 Å². The standard InChI is InChI=1S/C15H30N2/c1-3-15(8-5-9-15)17-11-7-13(2)14-6-4-10-16-12-14/h13-14,16-17H,3-12H2,1-2H3. The fourth-order valence-electron chi connectivity index (χ4n) is 3.42. The molecule has 0 aromatic carbocycles. The molecule has 1 saturated heterocycles. The molecule has 2 unspecified atom stereocenters. The van der Waals surface area contributed by atoms with Gasteiger partial charge in [-0.25, -0.2) is 0 Å². The first-order valence-corrected chi connectivity index (χ1v) is 7.71. The first-order valence-electron chi connectivity index (χ1n) is 7.71. The molecule has 1 heterocycles. The molecule has 1 saturated carbocycles. The van der Waals surface area contributed by atoms with Crippen LogP contribution in [0.1, 0.15) is 58.8 Å². The second-order valence-electron chi connectivity index (χ2n) is 6.29. The van der Waals surface area contributed by atoms with Crippen molar-refractivity contribution in [3.8, 4) is 0 Å². The predicted molar refractivity (Wildman–Crippen MR) is 74.3 cm³/mol. The highest BCUT2D eigenvalue weighted by molar-refractivity contribution is 4.94. The topological polar surface area (TPSA) is 24.1 Å². The molecule has 2 rings (SSSR count). The van der Waals surface area contributed by atoms with E-state index in [1.54, 1.807) is 0 Å².